The lowest BCUT2D eigenvalue weighted by molar-refractivity contribution is -0.146. The van der Waals surface area contributed by atoms with Gasteiger partial charge in [0.1, 0.15) is 6.04 Å². The molecule has 2 saturated carbocycles. The first-order chi connectivity index (χ1) is 15.0. The molecule has 3 fully saturated rings. The fourth-order valence-corrected chi connectivity index (χ4v) is 5.05. The third-order valence-electron chi connectivity index (χ3n) is 6.43. The Morgan fingerprint density at radius 3 is 2.23 bits per heavy atom. The predicted octanol–water partition coefficient (Wildman–Crippen LogP) is 3.27. The smallest absolute Gasteiger partial charge is 0.247 e. The second-order valence-corrected chi connectivity index (χ2v) is 9.66. The molecule has 31 heavy (non-hydrogen) atoms. The van der Waals surface area contributed by atoms with E-state index in [1.165, 1.54) is 4.90 Å². The van der Waals surface area contributed by atoms with Crippen molar-refractivity contribution in [1.82, 2.24) is 4.90 Å². The molecule has 1 saturated heterocycles. The number of imide groups is 1. The first-order valence-electron chi connectivity index (χ1n) is 11.1. The van der Waals surface area contributed by atoms with Crippen LogP contribution in [0.5, 0.6) is 0 Å². The number of rotatable bonds is 8. The van der Waals surface area contributed by atoms with Gasteiger partial charge in [-0.15, -0.1) is 0 Å². The Balaban J connectivity index is 1.49. The van der Waals surface area contributed by atoms with Gasteiger partial charge in [0.25, 0.3) is 0 Å². The largest absolute Gasteiger partial charge is 0.326 e. The van der Waals surface area contributed by atoms with E-state index in [9.17, 15) is 19.2 Å². The summed E-state index contributed by atoms with van der Waals surface area (Å²) in [6.45, 7) is 0. The second kappa shape index (κ2) is 9.42. The van der Waals surface area contributed by atoms with E-state index in [1.807, 2.05) is 6.26 Å². The number of nitrogens with zero attached hydrogens (tertiary/aromatic N) is 1. The molecule has 1 aromatic rings. The minimum Gasteiger partial charge on any atom is -0.326 e. The van der Waals surface area contributed by atoms with Gasteiger partial charge in [0.05, 0.1) is 11.8 Å². The monoisotopic (exact) mass is 443 g/mol. The van der Waals surface area contributed by atoms with E-state index in [0.29, 0.717) is 23.5 Å². The van der Waals surface area contributed by atoms with Gasteiger partial charge in [-0.25, -0.2) is 0 Å². The van der Waals surface area contributed by atoms with Crippen LogP contribution in [-0.4, -0.2) is 46.6 Å². The summed E-state index contributed by atoms with van der Waals surface area (Å²) in [5, 5.41) is 5.73. The fourth-order valence-electron chi connectivity index (χ4n) is 4.59. The zero-order chi connectivity index (χ0) is 22.0. The maximum atomic E-state index is 13.2. The van der Waals surface area contributed by atoms with E-state index in [2.05, 4.69) is 10.6 Å². The number of hydrogen-bond donors (Lipinski definition) is 2. The van der Waals surface area contributed by atoms with Crippen LogP contribution in [0.15, 0.2) is 24.3 Å². The molecule has 7 nitrogen and oxygen atoms in total. The summed E-state index contributed by atoms with van der Waals surface area (Å²) in [5.41, 5.74) is 1.15. The molecule has 3 aliphatic rings. The third-order valence-corrected chi connectivity index (χ3v) is 7.07. The third kappa shape index (κ3) is 4.79. The molecule has 0 spiro atoms. The number of thioether (sulfide) groups is 1. The van der Waals surface area contributed by atoms with Gasteiger partial charge in [0, 0.05) is 17.3 Å². The zero-order valence-electron chi connectivity index (χ0n) is 17.8. The van der Waals surface area contributed by atoms with Crippen molar-refractivity contribution in [3.63, 3.8) is 0 Å². The average Bonchev–Trinajstić information content (AvgIpc) is 3.58. The number of amides is 4. The predicted molar refractivity (Wildman–Crippen MR) is 121 cm³/mol. The standard InChI is InChI=1S/C23H29N3O4S/c1-31-12-11-19(26-22(29)17-7-2-3-8-18(17)23(26)30)21(28)25-16-6-4-5-15(13-16)24-20(27)14-9-10-14/h4-6,13-14,17-19H,2-3,7-12H2,1H3,(H,24,27)(H,25,28)/t17-,18-,19+/m0/s1. The van der Waals surface area contributed by atoms with Gasteiger partial charge in [-0.1, -0.05) is 18.9 Å². The normalized spacial score (nSPS) is 24.0. The van der Waals surface area contributed by atoms with Crippen molar-refractivity contribution in [2.45, 2.75) is 51.0 Å². The van der Waals surface area contributed by atoms with E-state index < -0.39 is 6.04 Å². The van der Waals surface area contributed by atoms with Gasteiger partial charge in [-0.2, -0.15) is 11.8 Å². The van der Waals surface area contributed by atoms with E-state index in [-0.39, 0.29) is 41.4 Å². The van der Waals surface area contributed by atoms with Crippen LogP contribution >= 0.6 is 11.8 Å². The van der Waals surface area contributed by atoms with Crippen LogP contribution in [0.25, 0.3) is 0 Å². The summed E-state index contributed by atoms with van der Waals surface area (Å²) in [7, 11) is 0. The Labute approximate surface area is 186 Å². The Bertz CT molecular complexity index is 861. The number of likely N-dealkylation sites (tertiary alicyclic amines) is 1. The zero-order valence-corrected chi connectivity index (χ0v) is 18.6. The number of anilines is 2. The Kier molecular flexibility index (Phi) is 6.65. The molecule has 1 aliphatic heterocycles. The van der Waals surface area contributed by atoms with Crippen molar-refractivity contribution < 1.29 is 19.2 Å². The van der Waals surface area contributed by atoms with Crippen molar-refractivity contribution >= 4 is 46.8 Å². The first kappa shape index (κ1) is 21.9. The van der Waals surface area contributed by atoms with Crippen molar-refractivity contribution in [1.29, 1.82) is 0 Å². The number of carbonyl (C=O) groups is 4. The molecule has 8 heteroatoms. The van der Waals surface area contributed by atoms with Gasteiger partial charge in [0.2, 0.25) is 23.6 Å². The molecular formula is C23H29N3O4S. The molecule has 1 aromatic carbocycles. The van der Waals surface area contributed by atoms with Gasteiger partial charge in [-0.3, -0.25) is 24.1 Å². The number of benzene rings is 1. The number of hydrogen-bond acceptors (Lipinski definition) is 5. The first-order valence-corrected chi connectivity index (χ1v) is 12.5. The summed E-state index contributed by atoms with van der Waals surface area (Å²) >= 11 is 1.58. The van der Waals surface area contributed by atoms with Gasteiger partial charge < -0.3 is 10.6 Å². The summed E-state index contributed by atoms with van der Waals surface area (Å²) in [4.78, 5) is 52.5. The molecule has 4 rings (SSSR count). The number of carbonyl (C=O) groups excluding carboxylic acids is 4. The van der Waals surface area contributed by atoms with Gasteiger partial charge >= 0.3 is 0 Å². The van der Waals surface area contributed by atoms with Gasteiger partial charge in [-0.05, 0) is 62.3 Å². The van der Waals surface area contributed by atoms with Crippen LogP contribution in [0.1, 0.15) is 44.9 Å². The molecule has 2 N–H and O–H groups in total. The lowest BCUT2D eigenvalue weighted by atomic mass is 9.81. The minimum absolute atomic E-state index is 0.00260. The highest BCUT2D eigenvalue weighted by Crippen LogP contribution is 2.39. The maximum Gasteiger partial charge on any atom is 0.247 e. The molecule has 0 unspecified atom stereocenters. The molecule has 1 heterocycles. The average molecular weight is 444 g/mol. The Morgan fingerprint density at radius 1 is 1.03 bits per heavy atom. The fraction of sp³-hybridized carbons (Fsp3) is 0.565. The van der Waals surface area contributed by atoms with Crippen LogP contribution in [-0.2, 0) is 19.2 Å². The van der Waals surface area contributed by atoms with E-state index in [4.69, 9.17) is 0 Å². The molecule has 0 bridgehead atoms. The summed E-state index contributed by atoms with van der Waals surface area (Å²) in [5.74, 6) is -0.536. The van der Waals surface area contributed by atoms with E-state index in [1.54, 1.807) is 36.0 Å². The maximum absolute atomic E-state index is 13.2. The van der Waals surface area contributed by atoms with Gasteiger partial charge in [0.15, 0.2) is 0 Å². The van der Waals surface area contributed by atoms with Crippen molar-refractivity contribution in [2.75, 3.05) is 22.6 Å². The summed E-state index contributed by atoms with van der Waals surface area (Å²) in [6, 6.07) is 6.17. The number of fused-ring (bicyclic) bond motifs is 1. The molecular weight excluding hydrogens is 414 g/mol. The summed E-state index contributed by atoms with van der Waals surface area (Å²) in [6.07, 6.45) is 7.55. The topological polar surface area (TPSA) is 95.6 Å². The van der Waals surface area contributed by atoms with E-state index >= 15 is 0 Å². The number of nitrogens with one attached hydrogen (secondary N) is 2. The lowest BCUT2D eigenvalue weighted by Crippen LogP contribution is -2.48. The summed E-state index contributed by atoms with van der Waals surface area (Å²) < 4.78 is 0. The molecule has 0 radical (unpaired) electrons. The van der Waals surface area contributed by atoms with Crippen LogP contribution < -0.4 is 10.6 Å². The highest BCUT2D eigenvalue weighted by Gasteiger charge is 2.51. The van der Waals surface area contributed by atoms with Crippen molar-refractivity contribution in [3.8, 4) is 0 Å². The second-order valence-electron chi connectivity index (χ2n) is 8.67. The Morgan fingerprint density at radius 2 is 1.65 bits per heavy atom. The van der Waals surface area contributed by atoms with Crippen LogP contribution in [0.2, 0.25) is 0 Å². The quantitative estimate of drug-likeness (QED) is 0.601. The van der Waals surface area contributed by atoms with Crippen LogP contribution in [0.4, 0.5) is 11.4 Å². The lowest BCUT2D eigenvalue weighted by Gasteiger charge is -2.26. The SMILES string of the molecule is CSCC[C@H](C(=O)Nc1cccc(NC(=O)C2CC2)c1)N1C(=O)[C@H]2CCCC[C@@H]2C1=O. The van der Waals surface area contributed by atoms with E-state index in [0.717, 1.165) is 38.5 Å². The molecule has 3 atom stereocenters. The highest BCUT2D eigenvalue weighted by atomic mass is 32.2. The molecule has 2 aliphatic carbocycles. The minimum atomic E-state index is -0.817. The van der Waals surface area contributed by atoms with Crippen molar-refractivity contribution in [2.24, 2.45) is 17.8 Å². The molecule has 4 amide bonds. The van der Waals surface area contributed by atoms with Crippen molar-refractivity contribution in [3.05, 3.63) is 24.3 Å². The Hall–Kier alpha value is -2.35. The molecule has 166 valence electrons. The molecule has 0 aromatic heterocycles. The van der Waals surface area contributed by atoms with Crippen LogP contribution in [0, 0.1) is 17.8 Å². The highest BCUT2D eigenvalue weighted by molar-refractivity contribution is 7.98. The van der Waals surface area contributed by atoms with Crippen LogP contribution in [0.3, 0.4) is 0 Å².